The van der Waals surface area contributed by atoms with E-state index in [1.165, 1.54) is 0 Å². The smallest absolute Gasteiger partial charge is 0.151 e. The molecule has 32 heavy (non-hydrogen) atoms. The van der Waals surface area contributed by atoms with Crippen LogP contribution in [0.4, 0.5) is 0 Å². The average molecular weight is 434 g/mol. The lowest BCUT2D eigenvalue weighted by atomic mass is 10.1. The van der Waals surface area contributed by atoms with Gasteiger partial charge in [0.15, 0.2) is 6.29 Å². The van der Waals surface area contributed by atoms with E-state index in [4.69, 9.17) is 20.3 Å². The number of aldehydes is 1. The Morgan fingerprint density at radius 2 is 1.19 bits per heavy atom. The lowest BCUT2D eigenvalue weighted by molar-refractivity contribution is -0.124. The molecule has 166 valence electrons. The zero-order valence-corrected chi connectivity index (χ0v) is 17.8. The van der Waals surface area contributed by atoms with Crippen molar-refractivity contribution in [2.75, 3.05) is 6.61 Å². The lowest BCUT2D eigenvalue weighted by Crippen LogP contribution is -2.39. The maximum Gasteiger partial charge on any atom is 0.151 e. The minimum absolute atomic E-state index is 0.0586. The first kappa shape index (κ1) is 21.0. The number of carbonyl (C=O) groups is 1. The molecule has 0 saturated carbocycles. The second kappa shape index (κ2) is 11.7. The minimum atomic E-state index is -1.59. The van der Waals surface area contributed by atoms with Gasteiger partial charge in [-0.1, -0.05) is 91.0 Å². The molecule has 5 heteroatoms. The quantitative estimate of drug-likeness (QED) is 0.421. The molecule has 1 saturated heterocycles. The van der Waals surface area contributed by atoms with Crippen molar-refractivity contribution in [1.29, 1.82) is 0 Å². The van der Waals surface area contributed by atoms with Gasteiger partial charge in [-0.3, -0.25) is 0 Å². The summed E-state index contributed by atoms with van der Waals surface area (Å²) < 4.78 is 33.0. The van der Waals surface area contributed by atoms with E-state index in [0.717, 1.165) is 16.7 Å². The van der Waals surface area contributed by atoms with Gasteiger partial charge >= 0.3 is 0 Å². The van der Waals surface area contributed by atoms with Crippen LogP contribution in [0.1, 0.15) is 18.1 Å². The van der Waals surface area contributed by atoms with Gasteiger partial charge in [0.2, 0.25) is 0 Å². The van der Waals surface area contributed by atoms with E-state index in [0.29, 0.717) is 12.9 Å². The highest BCUT2D eigenvalue weighted by atomic mass is 16.6. The van der Waals surface area contributed by atoms with Crippen LogP contribution in [-0.2, 0) is 43.6 Å². The summed E-state index contributed by atoms with van der Waals surface area (Å²) in [6.45, 7) is 0.824. The molecule has 1 aliphatic rings. The minimum Gasteiger partial charge on any atom is -0.374 e. The summed E-state index contributed by atoms with van der Waals surface area (Å²) in [5, 5.41) is 0. The molecule has 3 aromatic rings. The first-order valence-corrected chi connectivity index (χ1v) is 10.7. The van der Waals surface area contributed by atoms with Crippen LogP contribution in [0.5, 0.6) is 0 Å². The van der Waals surface area contributed by atoms with Gasteiger partial charge in [-0.25, -0.2) is 0 Å². The molecular formula is C27H28O5. The molecule has 4 atom stereocenters. The third-order valence-electron chi connectivity index (χ3n) is 5.27. The molecule has 0 aromatic heterocycles. The predicted octanol–water partition coefficient (Wildman–Crippen LogP) is 4.34. The number of rotatable bonds is 11. The molecule has 0 unspecified atom stereocenters. The molecular weight excluding hydrogens is 404 g/mol. The molecule has 1 heterocycles. The average Bonchev–Trinajstić information content (AvgIpc) is 3.14. The maximum atomic E-state index is 11.8. The molecule has 0 amide bonds. The topological polar surface area (TPSA) is 54.0 Å². The highest BCUT2D eigenvalue weighted by molar-refractivity contribution is 5.58. The summed E-state index contributed by atoms with van der Waals surface area (Å²) >= 11 is 0. The summed E-state index contributed by atoms with van der Waals surface area (Å²) in [4.78, 5) is 11.8. The van der Waals surface area contributed by atoms with Crippen LogP contribution in [0.3, 0.4) is 0 Å². The highest BCUT2D eigenvalue weighted by Gasteiger charge is 2.46. The molecule has 5 nitrogen and oxygen atoms in total. The van der Waals surface area contributed by atoms with Crippen molar-refractivity contribution >= 4 is 6.29 Å². The van der Waals surface area contributed by atoms with E-state index in [2.05, 4.69) is 0 Å². The Morgan fingerprint density at radius 3 is 1.69 bits per heavy atom. The molecule has 3 aromatic carbocycles. The second-order valence-electron chi connectivity index (χ2n) is 7.64. The molecule has 0 radical (unpaired) electrons. The molecule has 1 fully saturated rings. The van der Waals surface area contributed by atoms with Crippen molar-refractivity contribution in [3.63, 3.8) is 0 Å². The molecule has 0 spiro atoms. The van der Waals surface area contributed by atoms with Crippen LogP contribution in [0.2, 0.25) is 0 Å². The van der Waals surface area contributed by atoms with Gasteiger partial charge in [-0.15, -0.1) is 0 Å². The number of hydrogen-bond acceptors (Lipinski definition) is 5. The van der Waals surface area contributed by atoms with E-state index < -0.39 is 24.4 Å². The van der Waals surface area contributed by atoms with Crippen LogP contribution < -0.4 is 0 Å². The Labute approximate surface area is 190 Å². The van der Waals surface area contributed by atoms with Gasteiger partial charge in [-0.2, -0.15) is 0 Å². The lowest BCUT2D eigenvalue weighted by Gasteiger charge is -2.24. The Bertz CT molecular complexity index is 985. The molecule has 0 N–H and O–H groups in total. The number of carbonyl (C=O) groups excluding carboxylic acids is 1. The number of benzene rings is 3. The first-order chi connectivity index (χ1) is 16.2. The fourth-order valence-corrected chi connectivity index (χ4v) is 3.63. The fraction of sp³-hybridized carbons (Fsp3) is 0.296. The summed E-state index contributed by atoms with van der Waals surface area (Å²) in [5.74, 6) is 0. The van der Waals surface area contributed by atoms with Gasteiger partial charge in [0.1, 0.15) is 24.4 Å². The number of hydrogen-bond donors (Lipinski definition) is 0. The van der Waals surface area contributed by atoms with Crippen LogP contribution in [0.25, 0.3) is 0 Å². The van der Waals surface area contributed by atoms with Crippen molar-refractivity contribution < 1.29 is 25.1 Å². The highest BCUT2D eigenvalue weighted by Crippen LogP contribution is 2.28. The molecule has 1 aliphatic heterocycles. The van der Waals surface area contributed by atoms with Crippen molar-refractivity contribution in [3.8, 4) is 0 Å². The molecule has 0 aliphatic carbocycles. The van der Waals surface area contributed by atoms with Crippen LogP contribution >= 0.6 is 0 Å². The van der Waals surface area contributed by atoms with E-state index in [-0.39, 0.29) is 19.8 Å². The predicted molar refractivity (Wildman–Crippen MR) is 121 cm³/mol. The number of ether oxygens (including phenoxy) is 4. The van der Waals surface area contributed by atoms with E-state index in [1.807, 2.05) is 91.0 Å². The van der Waals surface area contributed by atoms with E-state index in [1.54, 1.807) is 0 Å². The SMILES string of the molecule is [2H][C@@]1(COCc2ccccc2)O[C@H](C=O)[C@@H](OCc2ccccc2)[C@@H]1OCc1ccccc1. The van der Waals surface area contributed by atoms with E-state index in [9.17, 15) is 4.79 Å². The van der Waals surface area contributed by atoms with Gasteiger partial charge < -0.3 is 23.7 Å². The summed E-state index contributed by atoms with van der Waals surface area (Å²) in [7, 11) is 0. The van der Waals surface area contributed by atoms with Crippen molar-refractivity contribution in [2.45, 2.75) is 44.2 Å². The summed E-state index contributed by atoms with van der Waals surface area (Å²) in [6.07, 6.45) is -3.37. The normalized spacial score (nSPS) is 25.4. The van der Waals surface area contributed by atoms with E-state index >= 15 is 0 Å². The zero-order valence-electron chi connectivity index (χ0n) is 18.8. The standard InChI is InChI=1S/C27H28O5/c28-16-24-26(30-18-22-12-6-2-7-13-22)27(31-19-23-14-8-3-9-15-23)25(32-24)20-29-17-21-10-4-1-5-11-21/h1-16,24-27H,17-20H2/t24-,25+,26-,27-/m1/s1/i25D. The third-order valence-corrected chi connectivity index (χ3v) is 5.27. The zero-order chi connectivity index (χ0) is 22.9. The van der Waals surface area contributed by atoms with Crippen LogP contribution in [0.15, 0.2) is 91.0 Å². The van der Waals surface area contributed by atoms with Crippen molar-refractivity contribution in [1.82, 2.24) is 0 Å². The molecule has 0 bridgehead atoms. The van der Waals surface area contributed by atoms with Gasteiger partial charge in [0.05, 0.1) is 27.8 Å². The first-order valence-electron chi connectivity index (χ1n) is 11.2. The Balaban J connectivity index is 1.48. The maximum absolute atomic E-state index is 11.8. The summed E-state index contributed by atoms with van der Waals surface area (Å²) in [5.41, 5.74) is 2.91. The fourth-order valence-electron chi connectivity index (χ4n) is 3.63. The van der Waals surface area contributed by atoms with Crippen molar-refractivity contribution in [3.05, 3.63) is 108 Å². The van der Waals surface area contributed by atoms with Crippen molar-refractivity contribution in [2.24, 2.45) is 0 Å². The van der Waals surface area contributed by atoms with Gasteiger partial charge in [0.25, 0.3) is 0 Å². The third kappa shape index (κ3) is 6.11. The van der Waals surface area contributed by atoms with Crippen LogP contribution in [-0.4, -0.2) is 37.3 Å². The monoisotopic (exact) mass is 433 g/mol. The van der Waals surface area contributed by atoms with Crippen LogP contribution in [0, 0.1) is 0 Å². The Hall–Kier alpha value is -2.83. The Morgan fingerprint density at radius 1 is 0.719 bits per heavy atom. The summed E-state index contributed by atoms with van der Waals surface area (Å²) in [6, 6.07) is 29.1. The molecule has 4 rings (SSSR count). The largest absolute Gasteiger partial charge is 0.374 e. The van der Waals surface area contributed by atoms with Gasteiger partial charge in [0, 0.05) is 0 Å². The van der Waals surface area contributed by atoms with Gasteiger partial charge in [-0.05, 0) is 16.7 Å². The Kier molecular flexibility index (Phi) is 7.69. The second-order valence-corrected chi connectivity index (χ2v) is 7.64.